The van der Waals surface area contributed by atoms with E-state index < -0.39 is 0 Å². The van der Waals surface area contributed by atoms with Crippen LogP contribution in [0.25, 0.3) is 0 Å². The van der Waals surface area contributed by atoms with Gasteiger partial charge >= 0.3 is 0 Å². The van der Waals surface area contributed by atoms with Gasteiger partial charge < -0.3 is 15.4 Å². The first-order valence-electron chi connectivity index (χ1n) is 9.13. The van der Waals surface area contributed by atoms with Crippen molar-refractivity contribution in [1.82, 2.24) is 10.3 Å². The molecule has 2 aromatic rings. The van der Waals surface area contributed by atoms with Crippen LogP contribution < -0.4 is 15.4 Å². The molecule has 27 heavy (non-hydrogen) atoms. The molecule has 1 atom stereocenters. The predicted molar refractivity (Wildman–Crippen MR) is 106 cm³/mol. The van der Waals surface area contributed by atoms with E-state index in [4.69, 9.17) is 4.74 Å². The van der Waals surface area contributed by atoms with Gasteiger partial charge in [-0.15, -0.1) is 0 Å². The smallest absolute Gasteiger partial charge is 0.255 e. The van der Waals surface area contributed by atoms with Crippen molar-refractivity contribution in [1.29, 1.82) is 0 Å². The highest BCUT2D eigenvalue weighted by Gasteiger charge is 2.18. The maximum atomic E-state index is 12.8. The van der Waals surface area contributed by atoms with Crippen molar-refractivity contribution in [2.45, 2.75) is 40.7 Å². The van der Waals surface area contributed by atoms with Gasteiger partial charge in [-0.25, -0.2) is 0 Å². The number of hydrogen-bond donors (Lipinski definition) is 2. The molecule has 6 nitrogen and oxygen atoms in total. The number of pyridine rings is 1. The van der Waals surface area contributed by atoms with Gasteiger partial charge in [0.15, 0.2) is 0 Å². The molecule has 0 aliphatic carbocycles. The summed E-state index contributed by atoms with van der Waals surface area (Å²) in [5.74, 6) is -0.0686. The summed E-state index contributed by atoms with van der Waals surface area (Å²) in [6, 6.07) is 8.65. The molecule has 0 spiro atoms. The fourth-order valence-electron chi connectivity index (χ4n) is 2.50. The van der Waals surface area contributed by atoms with Crippen molar-refractivity contribution in [3.8, 4) is 5.75 Å². The van der Waals surface area contributed by atoms with Crippen molar-refractivity contribution >= 4 is 17.5 Å². The van der Waals surface area contributed by atoms with E-state index in [1.165, 1.54) is 0 Å². The van der Waals surface area contributed by atoms with E-state index in [1.807, 2.05) is 46.8 Å². The van der Waals surface area contributed by atoms with E-state index in [0.29, 0.717) is 23.6 Å². The summed E-state index contributed by atoms with van der Waals surface area (Å²) in [7, 11) is 0. The van der Waals surface area contributed by atoms with E-state index in [-0.39, 0.29) is 23.8 Å². The molecule has 2 rings (SSSR count). The van der Waals surface area contributed by atoms with Gasteiger partial charge in [0, 0.05) is 17.8 Å². The molecule has 0 aliphatic heterocycles. The summed E-state index contributed by atoms with van der Waals surface area (Å²) in [4.78, 5) is 29.1. The van der Waals surface area contributed by atoms with Crippen molar-refractivity contribution in [2.75, 3.05) is 11.9 Å². The number of nitrogens with zero attached hydrogens (tertiary/aromatic N) is 1. The first-order chi connectivity index (χ1) is 12.8. The largest absolute Gasteiger partial charge is 0.493 e. The van der Waals surface area contributed by atoms with Gasteiger partial charge in [-0.2, -0.15) is 0 Å². The second-order valence-corrected chi connectivity index (χ2v) is 6.74. The fraction of sp³-hybridized carbons (Fsp3) is 0.381. The van der Waals surface area contributed by atoms with Crippen LogP contribution in [0.5, 0.6) is 5.75 Å². The number of hydrogen-bond acceptors (Lipinski definition) is 4. The van der Waals surface area contributed by atoms with Crippen LogP contribution in [-0.2, 0) is 4.79 Å². The predicted octanol–water partition coefficient (Wildman–Crippen LogP) is 3.87. The zero-order valence-corrected chi connectivity index (χ0v) is 16.5. The molecule has 2 amide bonds. The maximum Gasteiger partial charge on any atom is 0.255 e. The topological polar surface area (TPSA) is 80.3 Å². The zero-order valence-electron chi connectivity index (χ0n) is 16.5. The van der Waals surface area contributed by atoms with Crippen LogP contribution in [0.4, 0.5) is 5.69 Å². The lowest BCUT2D eigenvalue weighted by molar-refractivity contribution is -0.118. The van der Waals surface area contributed by atoms with Gasteiger partial charge in [-0.3, -0.25) is 14.6 Å². The van der Waals surface area contributed by atoms with Crippen molar-refractivity contribution in [3.05, 3.63) is 53.3 Å². The minimum absolute atomic E-state index is 0.108. The van der Waals surface area contributed by atoms with Gasteiger partial charge in [0.25, 0.3) is 5.91 Å². The molecule has 0 saturated carbocycles. The van der Waals surface area contributed by atoms with Crippen LogP contribution in [0.3, 0.4) is 0 Å². The molecule has 0 bridgehead atoms. The summed E-state index contributed by atoms with van der Waals surface area (Å²) >= 11 is 0. The average Bonchev–Trinajstić information content (AvgIpc) is 2.62. The van der Waals surface area contributed by atoms with Crippen LogP contribution in [-0.4, -0.2) is 23.4 Å². The lowest BCUT2D eigenvalue weighted by Crippen LogP contribution is -2.28. The quantitative estimate of drug-likeness (QED) is 0.776. The van der Waals surface area contributed by atoms with E-state index in [0.717, 1.165) is 11.3 Å². The van der Waals surface area contributed by atoms with E-state index in [2.05, 4.69) is 15.6 Å². The molecule has 0 saturated heterocycles. The van der Waals surface area contributed by atoms with E-state index >= 15 is 0 Å². The monoisotopic (exact) mass is 369 g/mol. The molecule has 6 heteroatoms. The standard InChI is InChI=1S/C21H27N3O3/c1-6-27-19-8-7-16(24-20(25)13(2)3)12-17(19)21(26)23-15(5)18-11-14(4)9-10-22-18/h7-13,15H,6H2,1-5H3,(H,23,26)(H,24,25). The van der Waals surface area contributed by atoms with Crippen LogP contribution >= 0.6 is 0 Å². The molecule has 0 radical (unpaired) electrons. The van der Waals surface area contributed by atoms with Gasteiger partial charge in [0.2, 0.25) is 5.91 Å². The van der Waals surface area contributed by atoms with Crippen molar-refractivity contribution in [2.24, 2.45) is 5.92 Å². The summed E-state index contributed by atoms with van der Waals surface area (Å²) in [5.41, 5.74) is 2.79. The minimum atomic E-state index is -0.282. The summed E-state index contributed by atoms with van der Waals surface area (Å²) in [6.07, 6.45) is 1.72. The Kier molecular flexibility index (Phi) is 6.93. The Morgan fingerprint density at radius 3 is 2.52 bits per heavy atom. The Morgan fingerprint density at radius 1 is 1.15 bits per heavy atom. The number of aromatic nitrogens is 1. The fourth-order valence-corrected chi connectivity index (χ4v) is 2.50. The number of rotatable bonds is 7. The maximum absolute atomic E-state index is 12.8. The van der Waals surface area contributed by atoms with Gasteiger partial charge in [0.1, 0.15) is 5.75 Å². The van der Waals surface area contributed by atoms with Gasteiger partial charge in [-0.05, 0) is 56.7 Å². The highest BCUT2D eigenvalue weighted by molar-refractivity contribution is 6.00. The van der Waals surface area contributed by atoms with E-state index in [9.17, 15) is 9.59 Å². The van der Waals surface area contributed by atoms with Crippen LogP contribution in [0.2, 0.25) is 0 Å². The summed E-state index contributed by atoms with van der Waals surface area (Å²) in [6.45, 7) is 9.78. The summed E-state index contributed by atoms with van der Waals surface area (Å²) < 4.78 is 5.58. The first-order valence-corrected chi connectivity index (χ1v) is 9.13. The first kappa shape index (κ1) is 20.4. The normalized spacial score (nSPS) is 11.8. The van der Waals surface area contributed by atoms with Crippen molar-refractivity contribution < 1.29 is 14.3 Å². The number of carbonyl (C=O) groups is 2. The molecule has 1 unspecified atom stereocenters. The number of carbonyl (C=O) groups excluding carboxylic acids is 2. The second kappa shape index (κ2) is 9.16. The highest BCUT2D eigenvalue weighted by Crippen LogP contribution is 2.24. The molecule has 0 fully saturated rings. The Balaban J connectivity index is 2.24. The second-order valence-electron chi connectivity index (χ2n) is 6.74. The third kappa shape index (κ3) is 5.54. The van der Waals surface area contributed by atoms with Gasteiger partial charge in [-0.1, -0.05) is 13.8 Å². The number of amides is 2. The lowest BCUT2D eigenvalue weighted by atomic mass is 10.1. The highest BCUT2D eigenvalue weighted by atomic mass is 16.5. The lowest BCUT2D eigenvalue weighted by Gasteiger charge is -2.17. The van der Waals surface area contributed by atoms with Gasteiger partial charge in [0.05, 0.1) is 23.9 Å². The SMILES string of the molecule is CCOc1ccc(NC(=O)C(C)C)cc1C(=O)NC(C)c1cc(C)ccn1. The minimum Gasteiger partial charge on any atom is -0.493 e. The van der Waals surface area contributed by atoms with Crippen LogP contribution in [0.1, 0.15) is 55.4 Å². The Hall–Kier alpha value is -2.89. The third-order valence-electron chi connectivity index (χ3n) is 4.04. The number of aryl methyl sites for hydroxylation is 1. The Bertz CT molecular complexity index is 818. The molecule has 2 N–H and O–H groups in total. The molecule has 0 aliphatic rings. The number of benzene rings is 1. The molecule has 1 aromatic heterocycles. The third-order valence-corrected chi connectivity index (χ3v) is 4.04. The molecule has 1 aromatic carbocycles. The Labute approximate surface area is 160 Å². The zero-order chi connectivity index (χ0) is 20.0. The average molecular weight is 369 g/mol. The van der Waals surface area contributed by atoms with Crippen LogP contribution in [0.15, 0.2) is 36.5 Å². The molecular formula is C21H27N3O3. The number of anilines is 1. The number of nitrogens with one attached hydrogen (secondary N) is 2. The van der Waals surface area contributed by atoms with Crippen LogP contribution in [0, 0.1) is 12.8 Å². The number of ether oxygens (including phenoxy) is 1. The van der Waals surface area contributed by atoms with Crippen molar-refractivity contribution in [3.63, 3.8) is 0 Å². The summed E-state index contributed by atoms with van der Waals surface area (Å²) in [5, 5.41) is 5.76. The molecule has 144 valence electrons. The van der Waals surface area contributed by atoms with E-state index in [1.54, 1.807) is 24.4 Å². The Morgan fingerprint density at radius 2 is 1.89 bits per heavy atom. The molecule has 1 heterocycles. The molecular weight excluding hydrogens is 342 g/mol.